The van der Waals surface area contributed by atoms with E-state index in [1.54, 1.807) is 11.8 Å². The summed E-state index contributed by atoms with van der Waals surface area (Å²) in [5.74, 6) is -2.01. The van der Waals surface area contributed by atoms with Gasteiger partial charge in [0, 0.05) is 9.79 Å². The van der Waals surface area contributed by atoms with Crippen LogP contribution in [0.3, 0.4) is 0 Å². The molecular formula is C22H22F2N2O2S. The zero-order valence-electron chi connectivity index (χ0n) is 16.2. The fourth-order valence-electron chi connectivity index (χ4n) is 3.89. The molecule has 2 unspecified atom stereocenters. The summed E-state index contributed by atoms with van der Waals surface area (Å²) in [6.45, 7) is 4.04. The van der Waals surface area contributed by atoms with Gasteiger partial charge in [-0.25, -0.2) is 8.78 Å². The van der Waals surface area contributed by atoms with Crippen molar-refractivity contribution < 1.29 is 18.4 Å². The highest BCUT2D eigenvalue weighted by atomic mass is 32.2. The molecule has 0 saturated carbocycles. The lowest BCUT2D eigenvalue weighted by molar-refractivity contribution is -0.139. The number of carbonyl (C=O) groups excluding carboxylic acids is 2. The molecule has 152 valence electrons. The van der Waals surface area contributed by atoms with Gasteiger partial charge in [0.2, 0.25) is 11.8 Å². The van der Waals surface area contributed by atoms with Crippen molar-refractivity contribution in [2.45, 2.75) is 55.0 Å². The van der Waals surface area contributed by atoms with E-state index in [-0.39, 0.29) is 18.9 Å². The number of nitrogens with one attached hydrogen (secondary N) is 2. The van der Waals surface area contributed by atoms with Crippen LogP contribution in [0.15, 0.2) is 46.2 Å². The predicted molar refractivity (Wildman–Crippen MR) is 107 cm³/mol. The van der Waals surface area contributed by atoms with Crippen LogP contribution in [0.25, 0.3) is 0 Å². The average molecular weight is 416 g/mol. The molecule has 2 aliphatic rings. The van der Waals surface area contributed by atoms with Crippen LogP contribution in [0.2, 0.25) is 0 Å². The summed E-state index contributed by atoms with van der Waals surface area (Å²) in [6.07, 6.45) is -2.41. The first-order chi connectivity index (χ1) is 13.8. The number of aryl methyl sites for hydroxylation is 2. The number of benzene rings is 2. The maximum Gasteiger partial charge on any atom is 0.258 e. The van der Waals surface area contributed by atoms with Crippen LogP contribution in [0.5, 0.6) is 0 Å². The number of hydrogen-bond donors (Lipinski definition) is 2. The van der Waals surface area contributed by atoms with Crippen LogP contribution in [-0.4, -0.2) is 24.3 Å². The molecule has 7 heteroatoms. The molecule has 2 N–H and O–H groups in total. The van der Waals surface area contributed by atoms with Gasteiger partial charge in [0.25, 0.3) is 6.43 Å². The number of fused-ring (bicyclic) bond motifs is 2. The molecule has 1 saturated heterocycles. The maximum absolute atomic E-state index is 12.9. The number of halogens is 2. The molecule has 0 aromatic heterocycles. The lowest BCUT2D eigenvalue weighted by atomic mass is 9.91. The number of carbonyl (C=O) groups is 2. The zero-order valence-corrected chi connectivity index (χ0v) is 17.0. The van der Waals surface area contributed by atoms with Crippen molar-refractivity contribution in [1.82, 2.24) is 10.6 Å². The van der Waals surface area contributed by atoms with E-state index in [1.807, 2.05) is 38.1 Å². The van der Waals surface area contributed by atoms with Gasteiger partial charge >= 0.3 is 0 Å². The van der Waals surface area contributed by atoms with Crippen LogP contribution in [0, 0.1) is 19.8 Å². The Hall–Kier alpha value is -2.41. The van der Waals surface area contributed by atoms with Crippen LogP contribution < -0.4 is 10.6 Å². The highest BCUT2D eigenvalue weighted by Gasteiger charge is 2.38. The van der Waals surface area contributed by atoms with Crippen molar-refractivity contribution in [1.29, 1.82) is 0 Å². The minimum Gasteiger partial charge on any atom is -0.347 e. The molecule has 4 rings (SSSR count). The lowest BCUT2D eigenvalue weighted by Gasteiger charge is -2.32. The molecule has 1 fully saturated rings. The van der Waals surface area contributed by atoms with Crippen LogP contribution in [-0.2, 0) is 9.59 Å². The van der Waals surface area contributed by atoms with Gasteiger partial charge in [0.05, 0.1) is 12.1 Å². The Kier molecular flexibility index (Phi) is 5.34. The molecule has 0 bridgehead atoms. The summed E-state index contributed by atoms with van der Waals surface area (Å²) < 4.78 is 25.7. The highest BCUT2D eigenvalue weighted by molar-refractivity contribution is 7.99. The number of alkyl halides is 2. The Morgan fingerprint density at radius 3 is 2.17 bits per heavy atom. The quantitative estimate of drug-likeness (QED) is 0.740. The summed E-state index contributed by atoms with van der Waals surface area (Å²) in [4.78, 5) is 27.3. The van der Waals surface area contributed by atoms with Gasteiger partial charge in [0.15, 0.2) is 0 Å². The van der Waals surface area contributed by atoms with E-state index < -0.39 is 30.2 Å². The van der Waals surface area contributed by atoms with Gasteiger partial charge in [-0.1, -0.05) is 36.0 Å². The smallest absolute Gasteiger partial charge is 0.258 e. The van der Waals surface area contributed by atoms with Gasteiger partial charge in [-0.05, 0) is 61.1 Å². The van der Waals surface area contributed by atoms with Crippen molar-refractivity contribution in [3.63, 3.8) is 0 Å². The Bertz CT molecular complexity index is 928. The number of hydrogen-bond acceptors (Lipinski definition) is 3. The second-order valence-electron chi connectivity index (χ2n) is 7.71. The molecule has 2 amide bonds. The Morgan fingerprint density at radius 1 is 1.07 bits per heavy atom. The van der Waals surface area contributed by atoms with Crippen LogP contribution in [0.4, 0.5) is 8.78 Å². The third-order valence-corrected chi connectivity index (χ3v) is 6.64. The zero-order chi connectivity index (χ0) is 20.7. The molecule has 2 atom stereocenters. The number of amides is 2. The SMILES string of the molecule is Cc1ccc2c(c1)Sc1cc(C)ccc1C2NC(=O)C1CCC(C(F)F)NC1=O. The summed E-state index contributed by atoms with van der Waals surface area (Å²) in [7, 11) is 0. The Balaban J connectivity index is 1.62. The minimum absolute atomic E-state index is 0.0908. The fraction of sp³-hybridized carbons (Fsp3) is 0.364. The van der Waals surface area contributed by atoms with Crippen LogP contribution >= 0.6 is 11.8 Å². The third-order valence-electron chi connectivity index (χ3n) is 5.50. The van der Waals surface area contributed by atoms with E-state index in [0.29, 0.717) is 0 Å². The van der Waals surface area contributed by atoms with E-state index >= 15 is 0 Å². The fourth-order valence-corrected chi connectivity index (χ4v) is 5.23. The van der Waals surface area contributed by atoms with Crippen molar-refractivity contribution >= 4 is 23.6 Å². The molecule has 2 heterocycles. The predicted octanol–water partition coefficient (Wildman–Crippen LogP) is 4.13. The van der Waals surface area contributed by atoms with E-state index in [9.17, 15) is 18.4 Å². The molecule has 2 aromatic carbocycles. The first kappa shape index (κ1) is 19.9. The van der Waals surface area contributed by atoms with Crippen molar-refractivity contribution in [3.8, 4) is 0 Å². The van der Waals surface area contributed by atoms with E-state index in [0.717, 1.165) is 32.0 Å². The van der Waals surface area contributed by atoms with Crippen molar-refractivity contribution in [2.75, 3.05) is 0 Å². The lowest BCUT2D eigenvalue weighted by Crippen LogP contribution is -2.52. The van der Waals surface area contributed by atoms with Crippen molar-refractivity contribution in [2.24, 2.45) is 5.92 Å². The molecule has 0 aliphatic carbocycles. The first-order valence-corrected chi connectivity index (χ1v) is 10.4. The standard InChI is InChI=1S/C22H22F2N2O2S/c1-11-3-5-13-17(9-11)29-18-10-12(2)4-6-14(18)19(13)26-22(28)15-7-8-16(20(23)24)25-21(15)27/h3-6,9-10,15-16,19-20H,7-8H2,1-2H3,(H,25,27)(H,26,28). The van der Waals surface area contributed by atoms with E-state index in [2.05, 4.69) is 22.8 Å². The van der Waals surface area contributed by atoms with Crippen LogP contribution in [0.1, 0.15) is 41.1 Å². The van der Waals surface area contributed by atoms with Gasteiger partial charge in [0.1, 0.15) is 5.92 Å². The molecule has 29 heavy (non-hydrogen) atoms. The average Bonchev–Trinajstić information content (AvgIpc) is 2.66. The number of piperidine rings is 1. The molecule has 2 aromatic rings. The second-order valence-corrected chi connectivity index (χ2v) is 8.79. The van der Waals surface area contributed by atoms with Crippen molar-refractivity contribution in [3.05, 3.63) is 58.7 Å². The molecule has 0 spiro atoms. The summed E-state index contributed by atoms with van der Waals surface area (Å²) in [5.41, 5.74) is 4.21. The molecule has 0 radical (unpaired) electrons. The maximum atomic E-state index is 12.9. The Labute approximate surface area is 172 Å². The third kappa shape index (κ3) is 3.88. The highest BCUT2D eigenvalue weighted by Crippen LogP contribution is 2.45. The summed E-state index contributed by atoms with van der Waals surface area (Å²) in [6, 6.07) is 10.6. The van der Waals surface area contributed by atoms with Gasteiger partial charge in [-0.2, -0.15) is 0 Å². The van der Waals surface area contributed by atoms with Gasteiger partial charge in [-0.3, -0.25) is 9.59 Å². The summed E-state index contributed by atoms with van der Waals surface area (Å²) >= 11 is 1.67. The summed E-state index contributed by atoms with van der Waals surface area (Å²) in [5, 5.41) is 5.30. The normalized spacial score (nSPS) is 21.3. The topological polar surface area (TPSA) is 58.2 Å². The molecule has 4 nitrogen and oxygen atoms in total. The molecule has 2 aliphatic heterocycles. The molecular weight excluding hydrogens is 394 g/mol. The second kappa shape index (κ2) is 7.78. The largest absolute Gasteiger partial charge is 0.347 e. The first-order valence-electron chi connectivity index (χ1n) is 9.61. The van der Waals surface area contributed by atoms with Gasteiger partial charge in [-0.15, -0.1) is 0 Å². The monoisotopic (exact) mass is 416 g/mol. The van der Waals surface area contributed by atoms with E-state index in [4.69, 9.17) is 0 Å². The number of rotatable bonds is 3. The minimum atomic E-state index is -2.62. The Morgan fingerprint density at radius 2 is 1.66 bits per heavy atom. The van der Waals surface area contributed by atoms with E-state index in [1.165, 1.54) is 0 Å². The van der Waals surface area contributed by atoms with Gasteiger partial charge < -0.3 is 10.6 Å².